The van der Waals surface area contributed by atoms with Crippen molar-refractivity contribution < 1.29 is 0 Å². The smallest absolute Gasteiger partial charge is 0.110 e. The minimum Gasteiger partial charge on any atom is -0.330 e. The standard InChI is InChI=1S/C11H19N3S/c1-8(6-12)10-7-14-11(15-10)9-4-2-3-5-13-9/h7-9,13H,2-6,12H2,1H3. The summed E-state index contributed by atoms with van der Waals surface area (Å²) in [5.74, 6) is 0.444. The molecule has 0 aromatic carbocycles. The maximum Gasteiger partial charge on any atom is 0.110 e. The number of hydrogen-bond donors (Lipinski definition) is 2. The van der Waals surface area contributed by atoms with Gasteiger partial charge >= 0.3 is 0 Å². The van der Waals surface area contributed by atoms with Gasteiger partial charge in [-0.2, -0.15) is 0 Å². The first-order valence-electron chi connectivity index (χ1n) is 5.70. The van der Waals surface area contributed by atoms with Crippen LogP contribution in [0.3, 0.4) is 0 Å². The van der Waals surface area contributed by atoms with Gasteiger partial charge in [0.1, 0.15) is 5.01 Å². The Labute approximate surface area is 95.1 Å². The van der Waals surface area contributed by atoms with E-state index in [1.165, 1.54) is 29.1 Å². The largest absolute Gasteiger partial charge is 0.330 e. The van der Waals surface area contributed by atoms with Gasteiger partial charge in [0.15, 0.2) is 0 Å². The predicted molar refractivity (Wildman–Crippen MR) is 64.2 cm³/mol. The molecule has 0 bridgehead atoms. The number of rotatable bonds is 3. The van der Waals surface area contributed by atoms with Crippen molar-refractivity contribution in [2.45, 2.75) is 38.1 Å². The van der Waals surface area contributed by atoms with Gasteiger partial charge in [-0.25, -0.2) is 4.98 Å². The highest BCUT2D eigenvalue weighted by Gasteiger charge is 2.18. The Kier molecular flexibility index (Phi) is 3.72. The summed E-state index contributed by atoms with van der Waals surface area (Å²) in [6, 6.07) is 0.488. The summed E-state index contributed by atoms with van der Waals surface area (Å²) < 4.78 is 0. The van der Waals surface area contributed by atoms with Gasteiger partial charge < -0.3 is 11.1 Å². The molecular formula is C11H19N3S. The fourth-order valence-corrected chi connectivity index (χ4v) is 2.96. The highest BCUT2D eigenvalue weighted by molar-refractivity contribution is 7.11. The van der Waals surface area contributed by atoms with Gasteiger partial charge in [-0.05, 0) is 25.9 Å². The van der Waals surface area contributed by atoms with E-state index in [0.717, 1.165) is 6.54 Å². The topological polar surface area (TPSA) is 50.9 Å². The van der Waals surface area contributed by atoms with Crippen molar-refractivity contribution in [3.8, 4) is 0 Å². The summed E-state index contributed by atoms with van der Waals surface area (Å²) in [5, 5.41) is 4.76. The van der Waals surface area contributed by atoms with Crippen molar-refractivity contribution >= 4 is 11.3 Å². The maximum absolute atomic E-state index is 5.66. The van der Waals surface area contributed by atoms with E-state index in [2.05, 4.69) is 17.2 Å². The molecule has 0 amide bonds. The average molecular weight is 225 g/mol. The van der Waals surface area contributed by atoms with Gasteiger partial charge in [0, 0.05) is 17.0 Å². The van der Waals surface area contributed by atoms with E-state index in [1.807, 2.05) is 17.5 Å². The zero-order valence-electron chi connectivity index (χ0n) is 9.20. The van der Waals surface area contributed by atoms with Crippen molar-refractivity contribution in [3.05, 3.63) is 16.1 Å². The van der Waals surface area contributed by atoms with E-state index < -0.39 is 0 Å². The van der Waals surface area contributed by atoms with E-state index in [0.29, 0.717) is 18.5 Å². The van der Waals surface area contributed by atoms with Gasteiger partial charge in [0.25, 0.3) is 0 Å². The third-order valence-electron chi connectivity index (χ3n) is 2.99. The number of nitrogens with one attached hydrogen (secondary N) is 1. The van der Waals surface area contributed by atoms with Gasteiger partial charge in [-0.15, -0.1) is 11.3 Å². The third-order valence-corrected chi connectivity index (χ3v) is 4.33. The molecule has 0 radical (unpaired) electrons. The lowest BCUT2D eigenvalue weighted by Gasteiger charge is -2.21. The van der Waals surface area contributed by atoms with Crippen molar-refractivity contribution in [2.75, 3.05) is 13.1 Å². The van der Waals surface area contributed by atoms with Crippen LogP contribution in [0.4, 0.5) is 0 Å². The normalized spacial score (nSPS) is 24.0. The number of nitrogens with zero attached hydrogens (tertiary/aromatic N) is 1. The Bertz CT molecular complexity index is 305. The zero-order chi connectivity index (χ0) is 10.7. The first-order valence-corrected chi connectivity index (χ1v) is 6.52. The zero-order valence-corrected chi connectivity index (χ0v) is 10.0. The summed E-state index contributed by atoms with van der Waals surface area (Å²) in [5.41, 5.74) is 5.66. The second-order valence-electron chi connectivity index (χ2n) is 4.24. The SMILES string of the molecule is CC(CN)c1cnc(C2CCCCN2)s1. The van der Waals surface area contributed by atoms with E-state index in [1.54, 1.807) is 0 Å². The van der Waals surface area contributed by atoms with Crippen LogP contribution in [0.5, 0.6) is 0 Å². The predicted octanol–water partition coefficient (Wildman–Crippen LogP) is 2.02. The van der Waals surface area contributed by atoms with Crippen LogP contribution in [0.25, 0.3) is 0 Å². The molecule has 2 heterocycles. The van der Waals surface area contributed by atoms with Crippen LogP contribution in [-0.4, -0.2) is 18.1 Å². The number of thiazole rings is 1. The molecule has 0 aliphatic carbocycles. The molecule has 1 saturated heterocycles. The first-order chi connectivity index (χ1) is 7.31. The van der Waals surface area contributed by atoms with Crippen LogP contribution in [-0.2, 0) is 0 Å². The fourth-order valence-electron chi connectivity index (χ4n) is 1.87. The molecule has 1 aromatic heterocycles. The number of aromatic nitrogens is 1. The molecule has 4 heteroatoms. The van der Waals surface area contributed by atoms with Crippen LogP contribution in [0.2, 0.25) is 0 Å². The highest BCUT2D eigenvalue weighted by Crippen LogP contribution is 2.29. The van der Waals surface area contributed by atoms with Crippen LogP contribution >= 0.6 is 11.3 Å². The summed E-state index contributed by atoms with van der Waals surface area (Å²) in [4.78, 5) is 5.83. The van der Waals surface area contributed by atoms with Gasteiger partial charge in [0.05, 0.1) is 6.04 Å². The fraction of sp³-hybridized carbons (Fsp3) is 0.727. The lowest BCUT2D eigenvalue weighted by Crippen LogP contribution is -2.26. The lowest BCUT2D eigenvalue weighted by atomic mass is 10.1. The molecule has 2 unspecified atom stereocenters. The molecule has 84 valence electrons. The van der Waals surface area contributed by atoms with Gasteiger partial charge in [0.2, 0.25) is 0 Å². The van der Waals surface area contributed by atoms with Crippen molar-refractivity contribution in [2.24, 2.45) is 5.73 Å². The van der Waals surface area contributed by atoms with Gasteiger partial charge in [-0.3, -0.25) is 0 Å². The Morgan fingerprint density at radius 2 is 2.53 bits per heavy atom. The number of hydrogen-bond acceptors (Lipinski definition) is 4. The molecule has 1 aromatic rings. The second kappa shape index (κ2) is 5.05. The van der Waals surface area contributed by atoms with Crippen LogP contribution in [0, 0.1) is 0 Å². The molecule has 1 aliphatic rings. The Morgan fingerprint density at radius 3 is 3.20 bits per heavy atom. The van der Waals surface area contributed by atoms with Crippen molar-refractivity contribution in [1.82, 2.24) is 10.3 Å². The minimum atomic E-state index is 0.444. The average Bonchev–Trinajstić information content (AvgIpc) is 2.78. The number of piperidine rings is 1. The van der Waals surface area contributed by atoms with E-state index in [9.17, 15) is 0 Å². The Balaban J connectivity index is 2.05. The summed E-state index contributed by atoms with van der Waals surface area (Å²) in [7, 11) is 0. The first kappa shape index (κ1) is 11.0. The Hall–Kier alpha value is -0.450. The highest BCUT2D eigenvalue weighted by atomic mass is 32.1. The van der Waals surface area contributed by atoms with Crippen LogP contribution in [0.15, 0.2) is 6.20 Å². The molecule has 3 N–H and O–H groups in total. The molecule has 1 aliphatic heterocycles. The molecule has 1 fully saturated rings. The monoisotopic (exact) mass is 225 g/mol. The van der Waals surface area contributed by atoms with Crippen molar-refractivity contribution in [1.29, 1.82) is 0 Å². The quantitative estimate of drug-likeness (QED) is 0.827. The van der Waals surface area contributed by atoms with Crippen LogP contribution in [0.1, 0.15) is 48.0 Å². The molecule has 2 atom stereocenters. The summed E-state index contributed by atoms with van der Waals surface area (Å²) >= 11 is 1.82. The van der Waals surface area contributed by atoms with Gasteiger partial charge in [-0.1, -0.05) is 13.3 Å². The molecule has 3 nitrogen and oxygen atoms in total. The van der Waals surface area contributed by atoms with E-state index in [-0.39, 0.29) is 0 Å². The van der Waals surface area contributed by atoms with Crippen LogP contribution < -0.4 is 11.1 Å². The maximum atomic E-state index is 5.66. The minimum absolute atomic E-state index is 0.444. The third kappa shape index (κ3) is 2.56. The molecule has 15 heavy (non-hydrogen) atoms. The van der Waals surface area contributed by atoms with E-state index >= 15 is 0 Å². The van der Waals surface area contributed by atoms with E-state index in [4.69, 9.17) is 5.73 Å². The molecule has 0 saturated carbocycles. The molecule has 2 rings (SSSR count). The van der Waals surface area contributed by atoms with Crippen molar-refractivity contribution in [3.63, 3.8) is 0 Å². The lowest BCUT2D eigenvalue weighted by molar-refractivity contribution is 0.411. The number of nitrogens with two attached hydrogens (primary N) is 1. The molecule has 0 spiro atoms. The second-order valence-corrected chi connectivity index (χ2v) is 5.33. The molecular weight excluding hydrogens is 206 g/mol. The summed E-state index contributed by atoms with van der Waals surface area (Å²) in [6.07, 6.45) is 5.84. The summed E-state index contributed by atoms with van der Waals surface area (Å²) in [6.45, 7) is 4.00. The Morgan fingerprint density at radius 1 is 1.67 bits per heavy atom.